The summed E-state index contributed by atoms with van der Waals surface area (Å²) in [5, 5.41) is 3.73. The standard InChI is InChI=1S/C18H39N3/c1-9-10-18(7,13-19-16(2,3)4)15-21-12-11-20(8)17(5,6)14-21/h19H,9-15H2,1-8H3. The highest BCUT2D eigenvalue weighted by Crippen LogP contribution is 2.28. The van der Waals surface area contributed by atoms with Gasteiger partial charge in [-0.2, -0.15) is 0 Å². The Morgan fingerprint density at radius 3 is 2.19 bits per heavy atom. The molecule has 0 radical (unpaired) electrons. The van der Waals surface area contributed by atoms with Crippen molar-refractivity contribution in [2.45, 2.75) is 72.4 Å². The normalized spacial score (nSPS) is 24.0. The van der Waals surface area contributed by atoms with Crippen molar-refractivity contribution in [3.63, 3.8) is 0 Å². The first kappa shape index (κ1) is 18.9. The zero-order chi connectivity index (χ0) is 16.3. The second-order valence-corrected chi connectivity index (χ2v) is 9.11. The molecule has 0 aromatic carbocycles. The molecular weight excluding hydrogens is 258 g/mol. The highest BCUT2D eigenvalue weighted by Gasteiger charge is 2.35. The topological polar surface area (TPSA) is 18.5 Å². The maximum absolute atomic E-state index is 3.73. The minimum atomic E-state index is 0.205. The number of rotatable bonds is 6. The molecule has 1 aliphatic heterocycles. The summed E-state index contributed by atoms with van der Waals surface area (Å²) in [6.45, 7) is 22.2. The minimum absolute atomic E-state index is 0.205. The SMILES string of the molecule is CCCC(C)(CNC(C)(C)C)CN1CCN(C)C(C)(C)C1. The van der Waals surface area contributed by atoms with Gasteiger partial charge >= 0.3 is 0 Å². The van der Waals surface area contributed by atoms with Gasteiger partial charge in [-0.15, -0.1) is 0 Å². The van der Waals surface area contributed by atoms with Crippen molar-refractivity contribution in [2.75, 3.05) is 39.8 Å². The molecule has 0 saturated carbocycles. The van der Waals surface area contributed by atoms with Crippen LogP contribution in [-0.2, 0) is 0 Å². The summed E-state index contributed by atoms with van der Waals surface area (Å²) in [6.07, 6.45) is 2.56. The third-order valence-corrected chi connectivity index (χ3v) is 4.90. The summed E-state index contributed by atoms with van der Waals surface area (Å²) < 4.78 is 0. The van der Waals surface area contributed by atoms with E-state index in [-0.39, 0.29) is 5.54 Å². The van der Waals surface area contributed by atoms with Crippen LogP contribution < -0.4 is 5.32 Å². The van der Waals surface area contributed by atoms with Crippen molar-refractivity contribution in [2.24, 2.45) is 5.41 Å². The Morgan fingerprint density at radius 1 is 1.10 bits per heavy atom. The van der Waals surface area contributed by atoms with Gasteiger partial charge in [0.05, 0.1) is 0 Å². The lowest BCUT2D eigenvalue weighted by Gasteiger charge is -2.48. The van der Waals surface area contributed by atoms with E-state index in [1.165, 1.54) is 39.0 Å². The lowest BCUT2D eigenvalue weighted by molar-refractivity contribution is 0.0159. The average molecular weight is 298 g/mol. The lowest BCUT2D eigenvalue weighted by atomic mass is 9.83. The van der Waals surface area contributed by atoms with Crippen molar-refractivity contribution in [3.8, 4) is 0 Å². The second kappa shape index (κ2) is 6.97. The minimum Gasteiger partial charge on any atom is -0.311 e. The van der Waals surface area contributed by atoms with Crippen LogP contribution in [0.25, 0.3) is 0 Å². The highest BCUT2D eigenvalue weighted by molar-refractivity contribution is 4.92. The van der Waals surface area contributed by atoms with Crippen molar-refractivity contribution < 1.29 is 0 Å². The molecule has 3 nitrogen and oxygen atoms in total. The van der Waals surface area contributed by atoms with Gasteiger partial charge < -0.3 is 5.32 Å². The molecule has 0 aromatic heterocycles. The number of piperazine rings is 1. The Morgan fingerprint density at radius 2 is 1.71 bits per heavy atom. The predicted molar refractivity (Wildman–Crippen MR) is 93.9 cm³/mol. The fourth-order valence-electron chi connectivity index (χ4n) is 3.32. The van der Waals surface area contributed by atoms with E-state index in [1.807, 2.05) is 0 Å². The Bertz CT molecular complexity index is 319. The molecule has 1 rings (SSSR count). The number of likely N-dealkylation sites (N-methyl/N-ethyl adjacent to an activating group) is 1. The van der Waals surface area contributed by atoms with E-state index >= 15 is 0 Å². The monoisotopic (exact) mass is 297 g/mol. The van der Waals surface area contributed by atoms with E-state index in [9.17, 15) is 0 Å². The first-order valence-corrected chi connectivity index (χ1v) is 8.66. The fourth-order valence-corrected chi connectivity index (χ4v) is 3.32. The number of nitrogens with zero attached hydrogens (tertiary/aromatic N) is 2. The zero-order valence-electron chi connectivity index (χ0n) is 15.8. The molecule has 0 aliphatic carbocycles. The number of hydrogen-bond acceptors (Lipinski definition) is 3. The van der Waals surface area contributed by atoms with Gasteiger partial charge in [-0.25, -0.2) is 0 Å². The second-order valence-electron chi connectivity index (χ2n) is 9.11. The first-order valence-electron chi connectivity index (χ1n) is 8.66. The molecule has 21 heavy (non-hydrogen) atoms. The molecule has 3 heteroatoms. The van der Waals surface area contributed by atoms with Crippen LogP contribution in [0.4, 0.5) is 0 Å². The van der Waals surface area contributed by atoms with E-state index < -0.39 is 0 Å². The van der Waals surface area contributed by atoms with Gasteiger partial charge in [0.1, 0.15) is 0 Å². The van der Waals surface area contributed by atoms with Gasteiger partial charge in [0.2, 0.25) is 0 Å². The smallest absolute Gasteiger partial charge is 0.0277 e. The van der Waals surface area contributed by atoms with Crippen molar-refractivity contribution in [1.82, 2.24) is 15.1 Å². The van der Waals surface area contributed by atoms with Gasteiger partial charge in [-0.3, -0.25) is 9.80 Å². The van der Waals surface area contributed by atoms with Crippen LogP contribution in [0.3, 0.4) is 0 Å². The summed E-state index contributed by atoms with van der Waals surface area (Å²) in [4.78, 5) is 5.17. The Balaban J connectivity index is 2.65. The third kappa shape index (κ3) is 6.25. The molecule has 0 spiro atoms. The lowest BCUT2D eigenvalue weighted by Crippen LogP contribution is -2.59. The van der Waals surface area contributed by atoms with Crippen LogP contribution in [0.1, 0.15) is 61.3 Å². The van der Waals surface area contributed by atoms with E-state index in [0.29, 0.717) is 11.0 Å². The Labute approximate surface area is 133 Å². The van der Waals surface area contributed by atoms with Crippen LogP contribution in [-0.4, -0.2) is 60.6 Å². The molecular formula is C18H39N3. The molecule has 1 atom stereocenters. The highest BCUT2D eigenvalue weighted by atomic mass is 15.3. The van der Waals surface area contributed by atoms with E-state index in [1.54, 1.807) is 0 Å². The summed E-state index contributed by atoms with van der Waals surface area (Å²) in [5.74, 6) is 0. The van der Waals surface area contributed by atoms with Crippen LogP contribution in [0.15, 0.2) is 0 Å². The molecule has 1 N–H and O–H groups in total. The summed E-state index contributed by atoms with van der Waals surface area (Å²) in [6, 6.07) is 0. The Kier molecular flexibility index (Phi) is 6.28. The molecule has 1 unspecified atom stereocenters. The largest absolute Gasteiger partial charge is 0.311 e. The predicted octanol–water partition coefficient (Wildman–Crippen LogP) is 3.21. The zero-order valence-corrected chi connectivity index (χ0v) is 15.8. The first-order chi connectivity index (χ1) is 9.47. The Hall–Kier alpha value is -0.120. The van der Waals surface area contributed by atoms with E-state index in [2.05, 4.69) is 70.6 Å². The molecule has 126 valence electrons. The van der Waals surface area contributed by atoms with Gasteiger partial charge in [0.25, 0.3) is 0 Å². The quantitative estimate of drug-likeness (QED) is 0.812. The van der Waals surface area contributed by atoms with Gasteiger partial charge in [-0.1, -0.05) is 20.3 Å². The van der Waals surface area contributed by atoms with Crippen LogP contribution in [0.5, 0.6) is 0 Å². The third-order valence-electron chi connectivity index (χ3n) is 4.90. The summed E-state index contributed by atoms with van der Waals surface area (Å²) >= 11 is 0. The number of nitrogens with one attached hydrogen (secondary N) is 1. The van der Waals surface area contributed by atoms with Crippen molar-refractivity contribution in [1.29, 1.82) is 0 Å². The number of hydrogen-bond donors (Lipinski definition) is 1. The molecule has 1 fully saturated rings. The van der Waals surface area contributed by atoms with Gasteiger partial charge in [0, 0.05) is 43.8 Å². The molecule has 1 aliphatic rings. The van der Waals surface area contributed by atoms with Crippen LogP contribution >= 0.6 is 0 Å². The van der Waals surface area contributed by atoms with Gasteiger partial charge in [0.15, 0.2) is 0 Å². The molecule has 0 aromatic rings. The molecule has 0 amide bonds. The maximum atomic E-state index is 3.73. The van der Waals surface area contributed by atoms with Gasteiger partial charge in [-0.05, 0) is 53.5 Å². The van der Waals surface area contributed by atoms with Crippen molar-refractivity contribution >= 4 is 0 Å². The molecule has 0 bridgehead atoms. The average Bonchev–Trinajstić information content (AvgIpc) is 2.31. The fraction of sp³-hybridized carbons (Fsp3) is 1.00. The van der Waals surface area contributed by atoms with Crippen LogP contribution in [0, 0.1) is 5.41 Å². The van der Waals surface area contributed by atoms with Crippen molar-refractivity contribution in [3.05, 3.63) is 0 Å². The van der Waals surface area contributed by atoms with E-state index in [0.717, 1.165) is 6.54 Å². The van der Waals surface area contributed by atoms with E-state index in [4.69, 9.17) is 0 Å². The summed E-state index contributed by atoms with van der Waals surface area (Å²) in [7, 11) is 2.25. The molecule has 1 heterocycles. The van der Waals surface area contributed by atoms with Crippen LogP contribution in [0.2, 0.25) is 0 Å². The maximum Gasteiger partial charge on any atom is 0.0277 e. The summed E-state index contributed by atoms with van der Waals surface area (Å²) in [5.41, 5.74) is 0.868. The molecule has 1 saturated heterocycles.